The molecule has 2 fully saturated rings. The number of hydrogen-bond donors (Lipinski definition) is 3. The Bertz CT molecular complexity index is 1050. The zero-order valence-electron chi connectivity index (χ0n) is 22.7. The normalized spacial score (nSPS) is 27.3. The number of rotatable bonds is 10. The van der Waals surface area contributed by atoms with Crippen molar-refractivity contribution in [2.45, 2.75) is 89.5 Å². The lowest BCUT2D eigenvalue weighted by Gasteiger charge is -2.36. The Labute approximate surface area is 225 Å². The molecule has 0 radical (unpaired) electrons. The highest BCUT2D eigenvalue weighted by molar-refractivity contribution is 5.88. The second-order valence-electron chi connectivity index (χ2n) is 9.80. The van der Waals surface area contributed by atoms with Gasteiger partial charge >= 0.3 is 5.97 Å². The van der Waals surface area contributed by atoms with Gasteiger partial charge in [-0.15, -0.1) is 0 Å². The van der Waals surface area contributed by atoms with E-state index in [1.807, 2.05) is 57.2 Å². The van der Waals surface area contributed by atoms with Gasteiger partial charge in [0, 0.05) is 24.8 Å². The summed E-state index contributed by atoms with van der Waals surface area (Å²) in [6.45, 7) is 9.82. The van der Waals surface area contributed by atoms with E-state index >= 15 is 0 Å². The van der Waals surface area contributed by atoms with Crippen molar-refractivity contribution in [2.24, 2.45) is 0 Å². The predicted molar refractivity (Wildman–Crippen MR) is 145 cm³/mol. The Balaban J connectivity index is 0.00000195. The average molecular weight is 531 g/mol. The van der Waals surface area contributed by atoms with Gasteiger partial charge in [0.2, 0.25) is 0 Å². The van der Waals surface area contributed by atoms with Gasteiger partial charge in [0.15, 0.2) is 0 Å². The van der Waals surface area contributed by atoms with Gasteiger partial charge in [-0.25, -0.2) is 4.79 Å². The average Bonchev–Trinajstić information content (AvgIpc) is 2.93. The number of ether oxygens (including phenoxy) is 4. The maximum absolute atomic E-state index is 11.0. The Hall–Kier alpha value is -2.49. The van der Waals surface area contributed by atoms with Crippen LogP contribution in [0.5, 0.6) is 5.75 Å². The monoisotopic (exact) mass is 530 g/mol. The molecule has 2 aliphatic rings. The molecule has 5 unspecified atom stereocenters. The smallest absolute Gasteiger partial charge is 0.329 e. The van der Waals surface area contributed by atoms with Crippen LogP contribution in [0.15, 0.2) is 48.6 Å². The van der Waals surface area contributed by atoms with E-state index in [0.29, 0.717) is 31.4 Å². The minimum Gasteiger partial charge on any atom is -0.489 e. The highest BCUT2D eigenvalue weighted by Gasteiger charge is 2.34. The summed E-state index contributed by atoms with van der Waals surface area (Å²) >= 11 is 0. The number of aliphatic carboxylic acids is 1. The van der Waals surface area contributed by atoms with E-state index in [1.165, 1.54) is 0 Å². The Kier molecular flexibility index (Phi) is 11.6. The van der Waals surface area contributed by atoms with Crippen LogP contribution in [0.4, 0.5) is 0 Å². The topological polar surface area (TPSA) is 115 Å². The van der Waals surface area contributed by atoms with Gasteiger partial charge in [0.1, 0.15) is 19.0 Å². The minimum atomic E-state index is -1.03. The Morgan fingerprint density at radius 2 is 1.84 bits per heavy atom. The molecule has 4 rings (SSSR count). The Morgan fingerprint density at radius 3 is 2.58 bits per heavy atom. The number of aliphatic hydroxyl groups excluding tert-OH is 2. The number of hydrogen-bond acceptors (Lipinski definition) is 7. The first-order valence-electron chi connectivity index (χ1n) is 13.6. The highest BCUT2D eigenvalue weighted by Crippen LogP contribution is 2.41. The fourth-order valence-electron chi connectivity index (χ4n) is 5.09. The van der Waals surface area contributed by atoms with Gasteiger partial charge in [-0.1, -0.05) is 50.8 Å². The van der Waals surface area contributed by atoms with Crippen molar-refractivity contribution < 1.29 is 39.1 Å². The summed E-state index contributed by atoms with van der Waals surface area (Å²) in [5.74, 6) is -0.401. The summed E-state index contributed by atoms with van der Waals surface area (Å²) < 4.78 is 24.0. The summed E-state index contributed by atoms with van der Waals surface area (Å²) in [5, 5.41) is 31.2. The second-order valence-corrected chi connectivity index (χ2v) is 9.80. The number of aliphatic hydroxyl groups is 2. The number of benzene rings is 2. The van der Waals surface area contributed by atoms with Crippen LogP contribution in [0.1, 0.15) is 64.5 Å². The SMILES string of the molecule is C=C(COc1ccc2ccccc2c1C1CC(OCC(=O)O)CC(CO)O1)CC1O[C@@H](C)CCC1O.CC. The van der Waals surface area contributed by atoms with Crippen molar-refractivity contribution in [2.75, 3.05) is 19.8 Å². The third-order valence-corrected chi connectivity index (χ3v) is 6.89. The van der Waals surface area contributed by atoms with Crippen LogP contribution in [0.25, 0.3) is 10.8 Å². The van der Waals surface area contributed by atoms with E-state index in [9.17, 15) is 15.0 Å². The quantitative estimate of drug-likeness (QED) is 0.375. The maximum Gasteiger partial charge on any atom is 0.329 e. The summed E-state index contributed by atoms with van der Waals surface area (Å²) in [7, 11) is 0. The van der Waals surface area contributed by atoms with Crippen LogP contribution in [-0.4, -0.2) is 71.6 Å². The van der Waals surface area contributed by atoms with Crippen molar-refractivity contribution >= 4 is 16.7 Å². The van der Waals surface area contributed by atoms with Gasteiger partial charge in [0.05, 0.1) is 43.2 Å². The van der Waals surface area contributed by atoms with Gasteiger partial charge in [0.25, 0.3) is 0 Å². The van der Waals surface area contributed by atoms with Crippen LogP contribution in [-0.2, 0) is 19.0 Å². The van der Waals surface area contributed by atoms with Gasteiger partial charge in [-0.2, -0.15) is 0 Å². The number of carboxylic acids is 1. The molecule has 210 valence electrons. The molecule has 8 heteroatoms. The molecule has 0 aromatic heterocycles. The Morgan fingerprint density at radius 1 is 1.08 bits per heavy atom. The fraction of sp³-hybridized carbons (Fsp3) is 0.567. The highest BCUT2D eigenvalue weighted by atomic mass is 16.5. The minimum absolute atomic E-state index is 0.110. The van der Waals surface area contributed by atoms with E-state index in [0.717, 1.165) is 28.3 Å². The molecule has 0 saturated carbocycles. The molecule has 8 nitrogen and oxygen atoms in total. The van der Waals surface area contributed by atoms with Crippen LogP contribution >= 0.6 is 0 Å². The van der Waals surface area contributed by atoms with E-state index in [4.69, 9.17) is 24.1 Å². The molecular formula is C30H42O8. The molecule has 0 bridgehead atoms. The van der Waals surface area contributed by atoms with E-state index in [-0.39, 0.29) is 31.5 Å². The van der Waals surface area contributed by atoms with Crippen LogP contribution in [0, 0.1) is 0 Å². The zero-order chi connectivity index (χ0) is 27.7. The van der Waals surface area contributed by atoms with Crippen LogP contribution in [0.3, 0.4) is 0 Å². The third-order valence-electron chi connectivity index (χ3n) is 6.89. The van der Waals surface area contributed by atoms with Gasteiger partial charge in [-0.3, -0.25) is 0 Å². The largest absolute Gasteiger partial charge is 0.489 e. The first-order valence-corrected chi connectivity index (χ1v) is 13.6. The van der Waals surface area contributed by atoms with E-state index < -0.39 is 30.9 Å². The number of carbonyl (C=O) groups is 1. The molecule has 2 aromatic carbocycles. The summed E-state index contributed by atoms with van der Waals surface area (Å²) in [6, 6.07) is 11.8. The van der Waals surface area contributed by atoms with E-state index in [2.05, 4.69) is 6.58 Å². The molecule has 2 heterocycles. The van der Waals surface area contributed by atoms with Crippen molar-refractivity contribution in [3.8, 4) is 5.75 Å². The molecular weight excluding hydrogens is 488 g/mol. The second kappa shape index (κ2) is 14.6. The van der Waals surface area contributed by atoms with Crippen molar-refractivity contribution in [3.63, 3.8) is 0 Å². The molecule has 38 heavy (non-hydrogen) atoms. The molecule has 2 aromatic rings. The zero-order valence-corrected chi connectivity index (χ0v) is 22.7. The predicted octanol–water partition coefficient (Wildman–Crippen LogP) is 4.80. The van der Waals surface area contributed by atoms with E-state index in [1.54, 1.807) is 0 Å². The summed E-state index contributed by atoms with van der Waals surface area (Å²) in [4.78, 5) is 11.0. The summed E-state index contributed by atoms with van der Waals surface area (Å²) in [6.07, 6.45) is 0.928. The van der Waals surface area contributed by atoms with Crippen LogP contribution < -0.4 is 4.74 Å². The molecule has 0 amide bonds. The molecule has 0 aliphatic carbocycles. The maximum atomic E-state index is 11.0. The lowest BCUT2D eigenvalue weighted by molar-refractivity contribution is -0.155. The number of fused-ring (bicyclic) bond motifs is 1. The van der Waals surface area contributed by atoms with Crippen LogP contribution in [0.2, 0.25) is 0 Å². The molecule has 2 aliphatic heterocycles. The van der Waals surface area contributed by atoms with Gasteiger partial charge in [-0.05, 0) is 42.2 Å². The van der Waals surface area contributed by atoms with Gasteiger partial charge < -0.3 is 34.3 Å². The third kappa shape index (κ3) is 8.01. The standard InChI is InChI=1S/C28H36O8.C2H6/c1-17(11-25-23(30)9-7-18(2)35-25)15-34-24-10-8-19-5-3-4-6-22(19)28(24)26-13-20(33-16-27(31)32)12-21(14-29)36-26;1-2/h3-6,8,10,18,20-21,23,25-26,29-30H,1,7,9,11-16H2,2H3,(H,31,32);1-2H3/t18-,20?,21?,23?,25?,26?;/m0./s1. The fourth-order valence-corrected chi connectivity index (χ4v) is 5.09. The molecule has 0 spiro atoms. The number of carboxylic acid groups (broad SMARTS) is 1. The molecule has 6 atom stereocenters. The summed E-state index contributed by atoms with van der Waals surface area (Å²) in [5.41, 5.74) is 1.65. The molecule has 2 saturated heterocycles. The lowest BCUT2D eigenvalue weighted by atomic mass is 9.91. The van der Waals surface area contributed by atoms with Crippen molar-refractivity contribution in [1.29, 1.82) is 0 Å². The first kappa shape index (κ1) is 30.1. The lowest BCUT2D eigenvalue weighted by Crippen LogP contribution is -2.38. The van der Waals surface area contributed by atoms with Crippen molar-refractivity contribution in [3.05, 3.63) is 54.1 Å². The van der Waals surface area contributed by atoms with Crippen molar-refractivity contribution in [1.82, 2.24) is 0 Å². The molecule has 3 N–H and O–H groups in total. The first-order chi connectivity index (χ1) is 18.3.